The molecule has 3 aliphatic rings. The largest absolute Gasteiger partial charge is 0.356 e. The van der Waals surface area contributed by atoms with E-state index >= 15 is 0 Å². The highest BCUT2D eigenvalue weighted by Crippen LogP contribution is 2.48. The molecule has 5 heteroatoms. The summed E-state index contributed by atoms with van der Waals surface area (Å²) in [5, 5.41) is 2.00. The van der Waals surface area contributed by atoms with E-state index in [9.17, 15) is 4.79 Å². The van der Waals surface area contributed by atoms with Crippen LogP contribution in [-0.4, -0.2) is 45.9 Å². The van der Waals surface area contributed by atoms with Crippen molar-refractivity contribution in [3.8, 4) is 0 Å². The van der Waals surface area contributed by atoms with Gasteiger partial charge in [0.2, 0.25) is 5.91 Å². The van der Waals surface area contributed by atoms with Crippen molar-refractivity contribution in [2.24, 2.45) is 5.92 Å². The second-order valence-electron chi connectivity index (χ2n) is 10.1. The standard InChI is InChI=1S/C25H34ClN3O/c1-17(2)15-22-24-19(20-16-18(26)5-6-21(20)27-24)7-14-29(22)23(30)8-13-28-12-4-3-9-25(28)10-11-25/h5-6,16-17,22,27H,3-4,7-15H2,1-2H3. The smallest absolute Gasteiger partial charge is 0.224 e. The molecule has 1 saturated heterocycles. The van der Waals surface area contributed by atoms with Gasteiger partial charge < -0.3 is 9.88 Å². The first-order valence-electron chi connectivity index (χ1n) is 11.8. The molecule has 2 aliphatic heterocycles. The number of hydrogen-bond acceptors (Lipinski definition) is 2. The van der Waals surface area contributed by atoms with Crippen molar-refractivity contribution in [2.45, 2.75) is 76.8 Å². The van der Waals surface area contributed by atoms with Gasteiger partial charge in [-0.2, -0.15) is 0 Å². The number of amides is 1. The number of H-pyrrole nitrogens is 1. The predicted octanol–water partition coefficient (Wildman–Crippen LogP) is 5.70. The third kappa shape index (κ3) is 3.67. The fraction of sp³-hybridized carbons (Fsp3) is 0.640. The Balaban J connectivity index is 1.36. The Hall–Kier alpha value is -1.52. The fourth-order valence-electron chi connectivity index (χ4n) is 5.91. The maximum Gasteiger partial charge on any atom is 0.224 e. The lowest BCUT2D eigenvalue weighted by Gasteiger charge is -2.39. The number of carbonyl (C=O) groups excluding carboxylic acids is 1. The van der Waals surface area contributed by atoms with Gasteiger partial charge in [0.1, 0.15) is 0 Å². The summed E-state index contributed by atoms with van der Waals surface area (Å²) >= 11 is 6.28. The molecule has 162 valence electrons. The van der Waals surface area contributed by atoms with E-state index in [1.54, 1.807) is 0 Å². The van der Waals surface area contributed by atoms with Gasteiger partial charge in [-0.25, -0.2) is 0 Å². The van der Waals surface area contributed by atoms with Crippen LogP contribution in [0.25, 0.3) is 10.9 Å². The molecule has 0 bridgehead atoms. The van der Waals surface area contributed by atoms with E-state index < -0.39 is 0 Å². The van der Waals surface area contributed by atoms with Gasteiger partial charge in [0.05, 0.1) is 6.04 Å². The number of nitrogens with zero attached hydrogens (tertiary/aromatic N) is 2. The lowest BCUT2D eigenvalue weighted by molar-refractivity contribution is -0.135. The minimum absolute atomic E-state index is 0.142. The number of aromatic amines is 1. The Kier molecular flexibility index (Phi) is 5.35. The van der Waals surface area contributed by atoms with Crippen molar-refractivity contribution in [3.63, 3.8) is 0 Å². The third-order valence-electron chi connectivity index (χ3n) is 7.64. The molecule has 30 heavy (non-hydrogen) atoms. The Morgan fingerprint density at radius 2 is 2.07 bits per heavy atom. The predicted molar refractivity (Wildman–Crippen MR) is 123 cm³/mol. The number of benzene rings is 1. The zero-order valence-corrected chi connectivity index (χ0v) is 19.1. The zero-order valence-electron chi connectivity index (χ0n) is 18.3. The minimum atomic E-state index is 0.142. The van der Waals surface area contributed by atoms with Crippen LogP contribution < -0.4 is 0 Å². The van der Waals surface area contributed by atoms with Crippen molar-refractivity contribution in [1.82, 2.24) is 14.8 Å². The molecule has 1 unspecified atom stereocenters. The molecule has 1 aromatic carbocycles. The molecule has 1 aliphatic carbocycles. The van der Waals surface area contributed by atoms with E-state index in [0.29, 0.717) is 23.8 Å². The number of aromatic nitrogens is 1. The first kappa shape index (κ1) is 20.4. The van der Waals surface area contributed by atoms with Gasteiger partial charge >= 0.3 is 0 Å². The van der Waals surface area contributed by atoms with Crippen LogP contribution in [0.15, 0.2) is 18.2 Å². The lowest BCUT2D eigenvalue weighted by Crippen LogP contribution is -2.45. The molecule has 1 amide bonds. The third-order valence-corrected chi connectivity index (χ3v) is 7.88. The summed E-state index contributed by atoms with van der Waals surface area (Å²) < 4.78 is 0. The number of nitrogens with one attached hydrogen (secondary N) is 1. The molecule has 1 atom stereocenters. The highest BCUT2D eigenvalue weighted by Gasteiger charge is 2.48. The second-order valence-corrected chi connectivity index (χ2v) is 10.5. The monoisotopic (exact) mass is 427 g/mol. The van der Waals surface area contributed by atoms with Crippen molar-refractivity contribution in [1.29, 1.82) is 0 Å². The van der Waals surface area contributed by atoms with Crippen LogP contribution in [0, 0.1) is 5.92 Å². The van der Waals surface area contributed by atoms with Crippen molar-refractivity contribution in [3.05, 3.63) is 34.5 Å². The Morgan fingerprint density at radius 1 is 1.23 bits per heavy atom. The van der Waals surface area contributed by atoms with Crippen LogP contribution in [0.5, 0.6) is 0 Å². The van der Waals surface area contributed by atoms with Crippen LogP contribution in [0.1, 0.15) is 76.1 Å². The topological polar surface area (TPSA) is 39.3 Å². The van der Waals surface area contributed by atoms with Crippen LogP contribution >= 0.6 is 11.6 Å². The van der Waals surface area contributed by atoms with Crippen molar-refractivity contribution < 1.29 is 4.79 Å². The first-order chi connectivity index (χ1) is 14.5. The minimum Gasteiger partial charge on any atom is -0.356 e. The molecule has 2 fully saturated rings. The summed E-state index contributed by atoms with van der Waals surface area (Å²) in [6.07, 6.45) is 9.21. The van der Waals surface area contributed by atoms with Crippen LogP contribution in [0.4, 0.5) is 0 Å². The summed E-state index contributed by atoms with van der Waals surface area (Å²) in [4.78, 5) is 21.9. The molecule has 1 saturated carbocycles. The lowest BCUT2D eigenvalue weighted by atomic mass is 9.91. The van der Waals surface area contributed by atoms with E-state index in [1.165, 1.54) is 55.3 Å². The maximum absolute atomic E-state index is 13.4. The quantitative estimate of drug-likeness (QED) is 0.664. The highest BCUT2D eigenvalue weighted by molar-refractivity contribution is 6.31. The molecule has 2 aromatic rings. The SMILES string of the molecule is CC(C)CC1c2[nH]c3ccc(Cl)cc3c2CCN1C(=O)CCN1CCCCC12CC2. The molecule has 1 spiro atoms. The van der Waals surface area contributed by atoms with E-state index in [0.717, 1.165) is 36.5 Å². The van der Waals surface area contributed by atoms with E-state index in [2.05, 4.69) is 40.8 Å². The van der Waals surface area contributed by atoms with E-state index in [-0.39, 0.29) is 6.04 Å². The van der Waals surface area contributed by atoms with E-state index in [1.807, 2.05) is 6.07 Å². The number of hydrogen-bond donors (Lipinski definition) is 1. The number of likely N-dealkylation sites (tertiary alicyclic amines) is 1. The molecule has 0 radical (unpaired) electrons. The van der Waals surface area contributed by atoms with Crippen LogP contribution in [-0.2, 0) is 11.2 Å². The molecular weight excluding hydrogens is 394 g/mol. The Bertz CT molecular complexity index is 945. The number of carbonyl (C=O) groups is 1. The van der Waals surface area contributed by atoms with E-state index in [4.69, 9.17) is 11.6 Å². The number of rotatable bonds is 5. The maximum atomic E-state index is 13.4. The van der Waals surface area contributed by atoms with Gasteiger partial charge in [0.15, 0.2) is 0 Å². The summed E-state index contributed by atoms with van der Waals surface area (Å²) in [6.45, 7) is 7.42. The molecule has 3 heterocycles. The molecule has 5 rings (SSSR count). The normalized spacial score (nSPS) is 23.3. The van der Waals surface area contributed by atoms with Gasteiger partial charge in [0, 0.05) is 46.7 Å². The number of piperidine rings is 1. The fourth-order valence-corrected chi connectivity index (χ4v) is 6.09. The molecular formula is C25H34ClN3O. The highest BCUT2D eigenvalue weighted by atomic mass is 35.5. The van der Waals surface area contributed by atoms with Gasteiger partial charge in [-0.1, -0.05) is 31.9 Å². The van der Waals surface area contributed by atoms with Gasteiger partial charge in [-0.15, -0.1) is 0 Å². The van der Waals surface area contributed by atoms with Crippen LogP contribution in [0.2, 0.25) is 5.02 Å². The van der Waals surface area contributed by atoms with Gasteiger partial charge in [-0.3, -0.25) is 9.69 Å². The summed E-state index contributed by atoms with van der Waals surface area (Å²) in [6, 6.07) is 6.23. The Labute approximate surface area is 184 Å². The number of fused-ring (bicyclic) bond motifs is 3. The summed E-state index contributed by atoms with van der Waals surface area (Å²) in [5.74, 6) is 0.854. The Morgan fingerprint density at radius 3 is 2.83 bits per heavy atom. The molecule has 1 N–H and O–H groups in total. The first-order valence-corrected chi connectivity index (χ1v) is 12.2. The molecule has 1 aromatic heterocycles. The summed E-state index contributed by atoms with van der Waals surface area (Å²) in [7, 11) is 0. The summed E-state index contributed by atoms with van der Waals surface area (Å²) in [5.41, 5.74) is 4.19. The molecule has 4 nitrogen and oxygen atoms in total. The average molecular weight is 428 g/mol. The average Bonchev–Trinajstić information content (AvgIpc) is 3.39. The van der Waals surface area contributed by atoms with Crippen LogP contribution in [0.3, 0.4) is 0 Å². The van der Waals surface area contributed by atoms with Crippen molar-refractivity contribution in [2.75, 3.05) is 19.6 Å². The van der Waals surface area contributed by atoms with Gasteiger partial charge in [-0.05, 0) is 74.8 Å². The second kappa shape index (κ2) is 7.87. The van der Waals surface area contributed by atoms with Crippen molar-refractivity contribution >= 4 is 28.4 Å². The zero-order chi connectivity index (χ0) is 20.9. The van der Waals surface area contributed by atoms with Gasteiger partial charge in [0.25, 0.3) is 0 Å². The number of halogens is 1.